The lowest BCUT2D eigenvalue weighted by molar-refractivity contribution is 0.0306. The Morgan fingerprint density at radius 3 is 2.88 bits per heavy atom. The first-order valence-electron chi connectivity index (χ1n) is 8.39. The molecule has 5 heteroatoms. The molecule has 1 aliphatic rings. The summed E-state index contributed by atoms with van der Waals surface area (Å²) in [6.45, 7) is 11.3. The summed E-state index contributed by atoms with van der Waals surface area (Å²) in [7, 11) is 0. The number of aromatic hydroxyl groups is 1. The van der Waals surface area contributed by atoms with E-state index >= 15 is 0 Å². The minimum Gasteiger partial charge on any atom is -0.508 e. The first kappa shape index (κ1) is 17.1. The molecule has 128 valence electrons. The number of aromatic nitrogens is 1. The van der Waals surface area contributed by atoms with Gasteiger partial charge in [0.05, 0.1) is 6.04 Å². The molecule has 3 unspecified atom stereocenters. The molecular weight excluding hydrogens is 318 g/mol. The van der Waals surface area contributed by atoms with E-state index in [0.29, 0.717) is 17.8 Å². The molecule has 0 amide bonds. The van der Waals surface area contributed by atoms with E-state index in [-0.39, 0.29) is 6.04 Å². The topological polar surface area (TPSA) is 39.6 Å². The largest absolute Gasteiger partial charge is 0.508 e. The predicted octanol–water partition coefficient (Wildman–Crippen LogP) is 3.52. The molecule has 0 spiro atoms. The van der Waals surface area contributed by atoms with Gasteiger partial charge < -0.3 is 5.11 Å². The average Bonchev–Trinajstić information content (AvgIpc) is 3.06. The van der Waals surface area contributed by atoms with Crippen molar-refractivity contribution in [3.05, 3.63) is 59.1 Å². The van der Waals surface area contributed by atoms with Crippen LogP contribution in [0.25, 0.3) is 0 Å². The maximum absolute atomic E-state index is 9.93. The van der Waals surface area contributed by atoms with Gasteiger partial charge in [0.15, 0.2) is 0 Å². The molecule has 0 aliphatic carbocycles. The van der Waals surface area contributed by atoms with Crippen LogP contribution in [0.3, 0.4) is 0 Å². The number of phenolic OH excluding ortho intramolecular Hbond substituents is 1. The van der Waals surface area contributed by atoms with Crippen molar-refractivity contribution in [1.29, 1.82) is 0 Å². The molecule has 1 saturated heterocycles. The number of phenols is 1. The Bertz CT molecular complexity index is 673. The molecule has 1 aliphatic heterocycles. The zero-order valence-electron chi connectivity index (χ0n) is 14.3. The highest BCUT2D eigenvalue weighted by atomic mass is 32.1. The van der Waals surface area contributed by atoms with E-state index in [1.165, 1.54) is 0 Å². The van der Waals surface area contributed by atoms with Crippen LogP contribution < -0.4 is 0 Å². The molecule has 0 bridgehead atoms. The monoisotopic (exact) mass is 343 g/mol. The molecular formula is C19H25N3OS. The fraction of sp³-hybridized carbons (Fsp3) is 0.421. The molecule has 2 heterocycles. The third-order valence-corrected chi connectivity index (χ3v) is 5.56. The van der Waals surface area contributed by atoms with Crippen LogP contribution in [0.4, 0.5) is 0 Å². The van der Waals surface area contributed by atoms with Gasteiger partial charge in [-0.2, -0.15) is 0 Å². The zero-order valence-corrected chi connectivity index (χ0v) is 15.1. The highest BCUT2D eigenvalue weighted by Gasteiger charge is 2.35. The van der Waals surface area contributed by atoms with Gasteiger partial charge in [-0.25, -0.2) is 4.98 Å². The van der Waals surface area contributed by atoms with Gasteiger partial charge in [-0.1, -0.05) is 18.2 Å². The fourth-order valence-electron chi connectivity index (χ4n) is 3.55. The molecule has 1 aromatic heterocycles. The number of thiazole rings is 1. The molecule has 4 nitrogen and oxygen atoms in total. The first-order chi connectivity index (χ1) is 11.6. The number of piperazine rings is 1. The van der Waals surface area contributed by atoms with Crippen molar-refractivity contribution in [1.82, 2.24) is 14.8 Å². The van der Waals surface area contributed by atoms with Crippen molar-refractivity contribution in [2.45, 2.75) is 32.0 Å². The Hall–Kier alpha value is -1.69. The van der Waals surface area contributed by atoms with Crippen molar-refractivity contribution < 1.29 is 5.11 Å². The van der Waals surface area contributed by atoms with Crippen molar-refractivity contribution in [2.75, 3.05) is 19.6 Å². The predicted molar refractivity (Wildman–Crippen MR) is 99.5 cm³/mol. The van der Waals surface area contributed by atoms with Crippen LogP contribution in [0.1, 0.15) is 30.5 Å². The summed E-state index contributed by atoms with van der Waals surface area (Å²) >= 11 is 1.68. The number of hydrogen-bond donors (Lipinski definition) is 1. The summed E-state index contributed by atoms with van der Waals surface area (Å²) in [5.41, 5.74) is 1.10. The second-order valence-corrected chi connectivity index (χ2v) is 7.43. The lowest BCUT2D eigenvalue weighted by Gasteiger charge is -2.46. The van der Waals surface area contributed by atoms with Gasteiger partial charge >= 0.3 is 0 Å². The number of hydrogen-bond acceptors (Lipinski definition) is 5. The van der Waals surface area contributed by atoms with E-state index in [0.717, 1.165) is 30.2 Å². The Labute approximate surface area is 148 Å². The second kappa shape index (κ2) is 7.47. The van der Waals surface area contributed by atoms with Gasteiger partial charge in [-0.3, -0.25) is 9.80 Å². The van der Waals surface area contributed by atoms with Crippen molar-refractivity contribution in [3.63, 3.8) is 0 Å². The standard InChI is InChI=1S/C19H25N3OS/c1-4-9-21-12-15(3)22(13-14(21)2)18(19-20-8-10-24-19)16-6-5-7-17(23)11-16/h4-8,10-11,14-15,18,23H,1,9,12-13H2,2-3H3. The molecule has 24 heavy (non-hydrogen) atoms. The zero-order chi connectivity index (χ0) is 17.1. The van der Waals surface area contributed by atoms with Gasteiger partial charge in [-0.15, -0.1) is 17.9 Å². The molecule has 1 N–H and O–H groups in total. The fourth-order valence-corrected chi connectivity index (χ4v) is 4.33. The van der Waals surface area contributed by atoms with E-state index in [1.54, 1.807) is 17.4 Å². The third-order valence-electron chi connectivity index (χ3n) is 4.73. The maximum Gasteiger partial charge on any atom is 0.115 e. The van der Waals surface area contributed by atoms with E-state index < -0.39 is 0 Å². The molecule has 3 rings (SSSR count). The summed E-state index contributed by atoms with van der Waals surface area (Å²) in [5, 5.41) is 13.0. The van der Waals surface area contributed by atoms with Crippen molar-refractivity contribution in [2.24, 2.45) is 0 Å². The summed E-state index contributed by atoms with van der Waals surface area (Å²) in [6, 6.07) is 8.51. The molecule has 3 atom stereocenters. The maximum atomic E-state index is 9.93. The molecule has 0 radical (unpaired) electrons. The molecule has 2 aromatic rings. The van der Waals surface area contributed by atoms with Crippen LogP contribution >= 0.6 is 11.3 Å². The van der Waals surface area contributed by atoms with Gasteiger partial charge in [0.2, 0.25) is 0 Å². The number of benzene rings is 1. The molecule has 0 saturated carbocycles. The number of nitrogens with zero attached hydrogens (tertiary/aromatic N) is 3. The van der Waals surface area contributed by atoms with Crippen LogP contribution in [0.15, 0.2) is 48.5 Å². The summed E-state index contributed by atoms with van der Waals surface area (Å²) in [6.07, 6.45) is 3.84. The van der Waals surface area contributed by atoms with Gasteiger partial charge in [-0.05, 0) is 31.5 Å². The Kier molecular flexibility index (Phi) is 5.33. The van der Waals surface area contributed by atoms with Crippen LogP contribution in [0.5, 0.6) is 5.75 Å². The van der Waals surface area contributed by atoms with Crippen LogP contribution in [-0.4, -0.2) is 51.6 Å². The van der Waals surface area contributed by atoms with Crippen molar-refractivity contribution >= 4 is 11.3 Å². The highest BCUT2D eigenvalue weighted by Crippen LogP contribution is 2.35. The van der Waals surface area contributed by atoms with Crippen LogP contribution in [0.2, 0.25) is 0 Å². The minimum atomic E-state index is 0.0837. The van der Waals surface area contributed by atoms with Gasteiger partial charge in [0.1, 0.15) is 10.8 Å². The Morgan fingerprint density at radius 1 is 1.38 bits per heavy atom. The minimum absolute atomic E-state index is 0.0837. The smallest absolute Gasteiger partial charge is 0.115 e. The quantitative estimate of drug-likeness (QED) is 0.843. The Morgan fingerprint density at radius 2 is 2.21 bits per heavy atom. The summed E-state index contributed by atoms with van der Waals surface area (Å²) in [4.78, 5) is 9.56. The van der Waals surface area contributed by atoms with Crippen LogP contribution in [0, 0.1) is 0 Å². The lowest BCUT2D eigenvalue weighted by atomic mass is 9.99. The number of rotatable bonds is 5. The normalized spacial score (nSPS) is 23.9. The second-order valence-electron chi connectivity index (χ2n) is 6.51. The molecule has 1 fully saturated rings. The Balaban J connectivity index is 1.93. The van der Waals surface area contributed by atoms with E-state index in [4.69, 9.17) is 0 Å². The molecule has 1 aromatic carbocycles. The van der Waals surface area contributed by atoms with Crippen LogP contribution in [-0.2, 0) is 0 Å². The van der Waals surface area contributed by atoms with E-state index in [9.17, 15) is 5.11 Å². The average molecular weight is 343 g/mol. The van der Waals surface area contributed by atoms with E-state index in [2.05, 4.69) is 41.3 Å². The van der Waals surface area contributed by atoms with E-state index in [1.807, 2.05) is 29.8 Å². The van der Waals surface area contributed by atoms with Gasteiger partial charge in [0.25, 0.3) is 0 Å². The summed E-state index contributed by atoms with van der Waals surface area (Å²) in [5.74, 6) is 0.306. The van der Waals surface area contributed by atoms with Crippen molar-refractivity contribution in [3.8, 4) is 5.75 Å². The first-order valence-corrected chi connectivity index (χ1v) is 9.27. The highest BCUT2D eigenvalue weighted by molar-refractivity contribution is 7.09. The van der Waals surface area contributed by atoms with Gasteiger partial charge in [0, 0.05) is 43.3 Å². The third kappa shape index (κ3) is 3.53. The lowest BCUT2D eigenvalue weighted by Crippen LogP contribution is -2.57. The summed E-state index contributed by atoms with van der Waals surface area (Å²) < 4.78 is 0. The SMILES string of the molecule is C=CCN1CC(C)N(C(c2cccc(O)c2)c2nccs2)CC1C.